The molecule has 0 saturated heterocycles. The van der Waals surface area contributed by atoms with Gasteiger partial charge in [-0.25, -0.2) is 5.43 Å². The fourth-order valence-electron chi connectivity index (χ4n) is 2.75. The van der Waals surface area contributed by atoms with Crippen molar-refractivity contribution in [3.05, 3.63) is 79.1 Å². The van der Waals surface area contributed by atoms with E-state index >= 15 is 0 Å². The SMILES string of the molecule is Cc1ccc(C)n1-c1ccc(C(=O)N/N=C\c2cc(Br)cc(I)c2O)cc1. The Morgan fingerprint density at radius 1 is 1.15 bits per heavy atom. The third-order valence-corrected chi connectivity index (χ3v) is 5.37. The van der Waals surface area contributed by atoms with Crippen LogP contribution in [0, 0.1) is 17.4 Å². The van der Waals surface area contributed by atoms with Crippen molar-refractivity contribution in [2.75, 3.05) is 0 Å². The second-order valence-corrected chi connectivity index (χ2v) is 8.10. The number of phenolic OH excluding ortho intramolecular Hbond substituents is 1. The molecule has 0 spiro atoms. The number of carbonyl (C=O) groups is 1. The van der Waals surface area contributed by atoms with E-state index in [1.807, 2.05) is 48.6 Å². The number of hydrazone groups is 1. The summed E-state index contributed by atoms with van der Waals surface area (Å²) in [5.74, 6) is -0.193. The maximum absolute atomic E-state index is 12.3. The third-order valence-electron chi connectivity index (χ3n) is 4.09. The summed E-state index contributed by atoms with van der Waals surface area (Å²) in [5.41, 5.74) is 6.79. The molecule has 0 saturated carbocycles. The molecule has 0 aliphatic heterocycles. The van der Waals surface area contributed by atoms with Crippen LogP contribution >= 0.6 is 38.5 Å². The van der Waals surface area contributed by atoms with Crippen molar-refractivity contribution in [2.45, 2.75) is 13.8 Å². The summed E-state index contributed by atoms with van der Waals surface area (Å²) in [6.07, 6.45) is 1.42. The highest BCUT2D eigenvalue weighted by atomic mass is 127. The van der Waals surface area contributed by atoms with Crippen molar-refractivity contribution in [1.29, 1.82) is 0 Å². The molecule has 0 fully saturated rings. The molecule has 0 unspecified atom stereocenters. The summed E-state index contributed by atoms with van der Waals surface area (Å²) in [5, 5.41) is 14.0. The van der Waals surface area contributed by atoms with Crippen LogP contribution in [0.4, 0.5) is 0 Å². The van der Waals surface area contributed by atoms with Crippen LogP contribution in [0.5, 0.6) is 5.75 Å². The van der Waals surface area contributed by atoms with Crippen LogP contribution in [0.15, 0.2) is 58.1 Å². The summed E-state index contributed by atoms with van der Waals surface area (Å²) in [6, 6.07) is 15.0. The van der Waals surface area contributed by atoms with Gasteiger partial charge in [0, 0.05) is 32.7 Å². The number of hydrogen-bond donors (Lipinski definition) is 2. The number of aromatic hydroxyl groups is 1. The molecular weight excluding hydrogens is 521 g/mol. The Kier molecular flexibility index (Phi) is 6.01. The van der Waals surface area contributed by atoms with Gasteiger partial charge in [-0.1, -0.05) is 15.9 Å². The predicted octanol–water partition coefficient (Wildman–Crippen LogP) is 4.93. The lowest BCUT2D eigenvalue weighted by atomic mass is 10.2. The molecule has 2 N–H and O–H groups in total. The van der Waals surface area contributed by atoms with E-state index in [1.165, 1.54) is 6.21 Å². The predicted molar refractivity (Wildman–Crippen MR) is 119 cm³/mol. The van der Waals surface area contributed by atoms with E-state index in [2.05, 4.69) is 43.2 Å². The van der Waals surface area contributed by atoms with Crippen molar-refractivity contribution in [2.24, 2.45) is 5.10 Å². The van der Waals surface area contributed by atoms with E-state index in [4.69, 9.17) is 0 Å². The van der Waals surface area contributed by atoms with Gasteiger partial charge < -0.3 is 9.67 Å². The van der Waals surface area contributed by atoms with Crippen molar-refractivity contribution in [3.63, 3.8) is 0 Å². The molecule has 0 bridgehead atoms. The molecule has 0 atom stereocenters. The van der Waals surface area contributed by atoms with Gasteiger partial charge in [-0.15, -0.1) is 0 Å². The minimum atomic E-state index is -0.317. The Balaban J connectivity index is 1.72. The van der Waals surface area contributed by atoms with Crippen LogP contribution < -0.4 is 5.43 Å². The lowest BCUT2D eigenvalue weighted by Crippen LogP contribution is -2.17. The van der Waals surface area contributed by atoms with Crippen LogP contribution in [-0.4, -0.2) is 21.8 Å². The average molecular weight is 538 g/mol. The molecule has 1 aromatic heterocycles. The van der Waals surface area contributed by atoms with Crippen LogP contribution in [0.25, 0.3) is 5.69 Å². The highest BCUT2D eigenvalue weighted by Crippen LogP contribution is 2.27. The standard InChI is InChI=1S/C20H17BrIN3O2/c1-12-3-4-13(2)25(12)17-7-5-14(6-8-17)20(27)24-23-11-15-9-16(21)10-18(22)19(15)26/h3-11,26H,1-2H3,(H,24,27)/b23-11-. The lowest BCUT2D eigenvalue weighted by molar-refractivity contribution is 0.0955. The van der Waals surface area contributed by atoms with Crippen molar-refractivity contribution >= 4 is 50.6 Å². The molecule has 1 heterocycles. The first kappa shape index (κ1) is 19.6. The number of nitrogens with zero attached hydrogens (tertiary/aromatic N) is 2. The molecule has 3 aromatic rings. The maximum atomic E-state index is 12.3. The lowest BCUT2D eigenvalue weighted by Gasteiger charge is -2.10. The third kappa shape index (κ3) is 4.41. The first-order chi connectivity index (χ1) is 12.9. The van der Waals surface area contributed by atoms with Gasteiger partial charge in [-0.05, 0) is 85.0 Å². The normalized spacial score (nSPS) is 11.1. The molecule has 0 aliphatic carbocycles. The van der Waals surface area contributed by atoms with Gasteiger partial charge in [0.05, 0.1) is 9.78 Å². The van der Waals surface area contributed by atoms with Crippen LogP contribution in [0.2, 0.25) is 0 Å². The molecule has 0 aliphatic rings. The number of halogens is 2. The topological polar surface area (TPSA) is 66.6 Å². The van der Waals surface area contributed by atoms with Crippen molar-refractivity contribution in [3.8, 4) is 11.4 Å². The number of benzene rings is 2. The molecule has 7 heteroatoms. The van der Waals surface area contributed by atoms with Gasteiger partial charge in [-0.2, -0.15) is 5.10 Å². The Labute approximate surface area is 179 Å². The van der Waals surface area contributed by atoms with E-state index in [9.17, 15) is 9.90 Å². The van der Waals surface area contributed by atoms with Crippen LogP contribution in [0.1, 0.15) is 27.3 Å². The largest absolute Gasteiger partial charge is 0.506 e. The highest BCUT2D eigenvalue weighted by Gasteiger charge is 2.08. The fraction of sp³-hybridized carbons (Fsp3) is 0.100. The van der Waals surface area contributed by atoms with E-state index in [-0.39, 0.29) is 11.7 Å². The number of aryl methyl sites for hydroxylation is 2. The second kappa shape index (κ2) is 8.26. The maximum Gasteiger partial charge on any atom is 0.271 e. The minimum absolute atomic E-state index is 0.124. The first-order valence-corrected chi connectivity index (χ1v) is 10.0. The van der Waals surface area contributed by atoms with Gasteiger partial charge in [0.15, 0.2) is 0 Å². The summed E-state index contributed by atoms with van der Waals surface area (Å²) in [7, 11) is 0. The zero-order valence-electron chi connectivity index (χ0n) is 14.7. The van der Waals surface area contributed by atoms with Crippen molar-refractivity contribution in [1.82, 2.24) is 9.99 Å². The van der Waals surface area contributed by atoms with Crippen LogP contribution in [0.3, 0.4) is 0 Å². The Bertz CT molecular complexity index is 1010. The van der Waals surface area contributed by atoms with E-state index in [0.29, 0.717) is 14.7 Å². The van der Waals surface area contributed by atoms with Gasteiger partial charge in [0.1, 0.15) is 5.75 Å². The number of rotatable bonds is 4. The molecule has 3 rings (SSSR count). The van der Waals surface area contributed by atoms with Gasteiger partial charge in [0.25, 0.3) is 5.91 Å². The Morgan fingerprint density at radius 2 is 1.78 bits per heavy atom. The summed E-state index contributed by atoms with van der Waals surface area (Å²) >= 11 is 5.40. The Hall–Kier alpha value is -2.13. The van der Waals surface area contributed by atoms with Gasteiger partial charge in [0.2, 0.25) is 0 Å². The van der Waals surface area contributed by atoms with E-state index in [1.54, 1.807) is 24.3 Å². The molecule has 27 heavy (non-hydrogen) atoms. The zero-order valence-corrected chi connectivity index (χ0v) is 18.4. The number of aromatic nitrogens is 1. The first-order valence-electron chi connectivity index (χ1n) is 8.13. The molecular formula is C20H17BrIN3O2. The molecule has 138 valence electrons. The molecule has 0 radical (unpaired) electrons. The average Bonchev–Trinajstić information content (AvgIpc) is 2.97. The molecule has 1 amide bonds. The minimum Gasteiger partial charge on any atom is -0.506 e. The summed E-state index contributed by atoms with van der Waals surface area (Å²) in [4.78, 5) is 12.3. The zero-order chi connectivity index (χ0) is 19.6. The van der Waals surface area contributed by atoms with Crippen LogP contribution in [-0.2, 0) is 0 Å². The van der Waals surface area contributed by atoms with E-state index in [0.717, 1.165) is 21.5 Å². The number of nitrogens with one attached hydrogen (secondary N) is 1. The highest BCUT2D eigenvalue weighted by molar-refractivity contribution is 14.1. The van der Waals surface area contributed by atoms with Gasteiger partial charge >= 0.3 is 0 Å². The molecule has 2 aromatic carbocycles. The summed E-state index contributed by atoms with van der Waals surface area (Å²) < 4.78 is 3.64. The fourth-order valence-corrected chi connectivity index (χ4v) is 4.30. The second-order valence-electron chi connectivity index (χ2n) is 6.02. The Morgan fingerprint density at radius 3 is 2.41 bits per heavy atom. The summed E-state index contributed by atoms with van der Waals surface area (Å²) in [6.45, 7) is 4.09. The number of amides is 1. The smallest absolute Gasteiger partial charge is 0.271 e. The molecule has 5 nitrogen and oxygen atoms in total. The monoisotopic (exact) mass is 537 g/mol. The van der Waals surface area contributed by atoms with Gasteiger partial charge in [-0.3, -0.25) is 4.79 Å². The van der Waals surface area contributed by atoms with Crippen molar-refractivity contribution < 1.29 is 9.90 Å². The number of hydrogen-bond acceptors (Lipinski definition) is 3. The number of phenols is 1. The van der Waals surface area contributed by atoms with E-state index < -0.39 is 0 Å². The number of carbonyl (C=O) groups excluding carboxylic acids is 1. The quantitative estimate of drug-likeness (QED) is 0.281.